The van der Waals surface area contributed by atoms with Gasteiger partial charge in [0.1, 0.15) is 11.2 Å². The fourth-order valence-corrected chi connectivity index (χ4v) is 11.7. The van der Waals surface area contributed by atoms with E-state index in [0.29, 0.717) is 0 Å². The fourth-order valence-electron chi connectivity index (χ4n) is 11.7. The largest absolute Gasteiger partial charge is 0.456 e. The number of aryl methyl sites for hydroxylation is 1. The third kappa shape index (κ3) is 5.30. The third-order valence-corrected chi connectivity index (χ3v) is 14.2. The van der Waals surface area contributed by atoms with Crippen LogP contribution in [0.5, 0.6) is 0 Å². The normalized spacial score (nSPS) is 12.7. The van der Waals surface area contributed by atoms with Crippen LogP contribution in [0.1, 0.15) is 17.7 Å². The van der Waals surface area contributed by atoms with Gasteiger partial charge in [-0.2, -0.15) is 0 Å². The highest BCUT2D eigenvalue weighted by atomic mass is 16.3. The molecule has 13 aromatic rings. The Morgan fingerprint density at radius 3 is 1.27 bits per heavy atom. The van der Waals surface area contributed by atoms with E-state index in [9.17, 15) is 0 Å². The van der Waals surface area contributed by atoms with Crippen molar-refractivity contribution in [2.45, 2.75) is 12.8 Å². The molecule has 0 atom stereocenters. The van der Waals surface area contributed by atoms with E-state index in [1.54, 1.807) is 0 Å². The van der Waals surface area contributed by atoms with Gasteiger partial charge in [0.2, 0.25) is 0 Å². The smallest absolute Gasteiger partial charge is 0.136 e. The number of fused-ring (bicyclic) bond motifs is 10. The van der Waals surface area contributed by atoms with Crippen molar-refractivity contribution in [1.82, 2.24) is 4.57 Å². The molecule has 2 heteroatoms. The standard InChI is InChI=1S/C64H41NO/c1-3-20-40(21-4-1)58-43-25-7-9-27-45(43)59(46-28-10-8-26-44(46)58)52-34-18-38-56-62(52)63-53(35-19-39-57(63)66-56)60-47-29-11-13-31-49(47)61(50-32-14-12-30-48(50)60)54-36-17-33-51-42-24-15-16-37-55(42)65(64(51)54)41-22-5-2-6-23-41/h1-14,16-23,25-39H,15,24H2. The molecule has 2 heterocycles. The Hall–Kier alpha value is -8.46. The number of aromatic nitrogens is 1. The quantitative estimate of drug-likeness (QED) is 0.158. The lowest BCUT2D eigenvalue weighted by Crippen LogP contribution is -2.01. The van der Waals surface area contributed by atoms with Crippen LogP contribution < -0.4 is 0 Å². The van der Waals surface area contributed by atoms with Gasteiger partial charge in [-0.1, -0.05) is 194 Å². The molecule has 1 aliphatic carbocycles. The highest BCUT2D eigenvalue weighted by Crippen LogP contribution is 2.52. The first-order chi connectivity index (χ1) is 32.8. The topological polar surface area (TPSA) is 18.1 Å². The summed E-state index contributed by atoms with van der Waals surface area (Å²) in [7, 11) is 0. The second kappa shape index (κ2) is 14.5. The summed E-state index contributed by atoms with van der Waals surface area (Å²) >= 11 is 0. The molecular formula is C64H41NO. The lowest BCUT2D eigenvalue weighted by atomic mass is 9.83. The van der Waals surface area contributed by atoms with Crippen LogP contribution in [0.25, 0.3) is 132 Å². The first kappa shape index (κ1) is 37.0. The zero-order valence-electron chi connectivity index (χ0n) is 36.1. The Morgan fingerprint density at radius 1 is 0.348 bits per heavy atom. The van der Waals surface area contributed by atoms with Gasteiger partial charge in [-0.25, -0.2) is 0 Å². The zero-order valence-corrected chi connectivity index (χ0v) is 36.1. The number of para-hydroxylation sites is 2. The first-order valence-electron chi connectivity index (χ1n) is 23.1. The van der Waals surface area contributed by atoms with Crippen molar-refractivity contribution < 1.29 is 4.42 Å². The van der Waals surface area contributed by atoms with Gasteiger partial charge in [0.05, 0.1) is 5.52 Å². The summed E-state index contributed by atoms with van der Waals surface area (Å²) in [4.78, 5) is 0. The molecule has 2 nitrogen and oxygen atoms in total. The number of furan rings is 1. The van der Waals surface area contributed by atoms with Crippen LogP contribution in [0.3, 0.4) is 0 Å². The van der Waals surface area contributed by atoms with Gasteiger partial charge in [-0.05, 0) is 131 Å². The molecule has 1 aliphatic rings. The molecule has 14 rings (SSSR count). The Labute approximate surface area is 381 Å². The van der Waals surface area contributed by atoms with Gasteiger partial charge in [0, 0.05) is 33.1 Å². The van der Waals surface area contributed by atoms with Crippen molar-refractivity contribution in [2.24, 2.45) is 0 Å². The predicted octanol–water partition coefficient (Wildman–Crippen LogP) is 17.8. The molecule has 2 aromatic heterocycles. The summed E-state index contributed by atoms with van der Waals surface area (Å²) in [5.74, 6) is 0. The van der Waals surface area contributed by atoms with Crippen molar-refractivity contribution in [3.63, 3.8) is 0 Å². The molecule has 0 saturated carbocycles. The van der Waals surface area contributed by atoms with Crippen LogP contribution >= 0.6 is 0 Å². The molecule has 0 saturated heterocycles. The summed E-state index contributed by atoms with van der Waals surface area (Å²) < 4.78 is 9.45. The molecular weight excluding hydrogens is 799 g/mol. The van der Waals surface area contributed by atoms with Crippen molar-refractivity contribution in [2.75, 3.05) is 0 Å². The maximum absolute atomic E-state index is 6.95. The predicted molar refractivity (Wildman–Crippen MR) is 280 cm³/mol. The minimum absolute atomic E-state index is 0.880. The van der Waals surface area contributed by atoms with Gasteiger partial charge >= 0.3 is 0 Å². The van der Waals surface area contributed by atoms with Gasteiger partial charge in [0.15, 0.2) is 0 Å². The van der Waals surface area contributed by atoms with E-state index < -0.39 is 0 Å². The molecule has 0 radical (unpaired) electrons. The van der Waals surface area contributed by atoms with Crippen LogP contribution in [0.15, 0.2) is 223 Å². The van der Waals surface area contributed by atoms with Crippen LogP contribution in [-0.2, 0) is 6.42 Å². The van der Waals surface area contributed by atoms with Crippen LogP contribution in [0, 0.1) is 0 Å². The number of hydrogen-bond donors (Lipinski definition) is 0. The Bertz CT molecular complexity index is 4030. The average molecular weight is 840 g/mol. The molecule has 0 bridgehead atoms. The van der Waals surface area contributed by atoms with Gasteiger partial charge in [-0.3, -0.25) is 0 Å². The fraction of sp³-hybridized carbons (Fsp3) is 0.0312. The van der Waals surface area contributed by atoms with Crippen LogP contribution in [0.4, 0.5) is 0 Å². The summed E-state index contributed by atoms with van der Waals surface area (Å²) in [6.07, 6.45) is 6.74. The Morgan fingerprint density at radius 2 is 0.758 bits per heavy atom. The molecule has 308 valence electrons. The van der Waals surface area contributed by atoms with E-state index in [0.717, 1.165) is 34.8 Å². The second-order valence-corrected chi connectivity index (χ2v) is 17.7. The minimum Gasteiger partial charge on any atom is -0.456 e. The number of benzene rings is 11. The summed E-state index contributed by atoms with van der Waals surface area (Å²) in [6, 6.07) is 77.9. The zero-order chi connectivity index (χ0) is 43.3. The Balaban J connectivity index is 1.09. The third-order valence-electron chi connectivity index (χ3n) is 14.2. The highest BCUT2D eigenvalue weighted by molar-refractivity contribution is 6.30. The second-order valence-electron chi connectivity index (χ2n) is 17.7. The molecule has 0 spiro atoms. The van der Waals surface area contributed by atoms with Crippen molar-refractivity contribution in [1.29, 1.82) is 0 Å². The average Bonchev–Trinajstić information content (AvgIpc) is 3.94. The molecule has 0 N–H and O–H groups in total. The molecule has 66 heavy (non-hydrogen) atoms. The van der Waals surface area contributed by atoms with Crippen LogP contribution in [-0.4, -0.2) is 4.57 Å². The maximum Gasteiger partial charge on any atom is 0.136 e. The van der Waals surface area contributed by atoms with E-state index in [2.05, 4.69) is 229 Å². The van der Waals surface area contributed by atoms with E-state index in [1.807, 2.05) is 0 Å². The van der Waals surface area contributed by atoms with Gasteiger partial charge in [0.25, 0.3) is 0 Å². The maximum atomic E-state index is 6.95. The summed E-state index contributed by atoms with van der Waals surface area (Å²) in [5, 5.41) is 13.4. The van der Waals surface area contributed by atoms with E-state index >= 15 is 0 Å². The lowest BCUT2D eigenvalue weighted by molar-refractivity contribution is 0.669. The van der Waals surface area contributed by atoms with Crippen molar-refractivity contribution >= 4 is 82.0 Å². The SMILES string of the molecule is C1=Cc2c(c3cccc(-c4c5ccccc5c(-c5cccc6oc7cccc(-c8c9ccccc9c(-c9ccccc9)c9ccccc89)c7c56)c5ccccc45)c3n2-c2ccccc2)CC1. The summed E-state index contributed by atoms with van der Waals surface area (Å²) in [5.41, 5.74) is 16.7. The molecule has 0 aliphatic heterocycles. The number of nitrogens with zero attached hydrogens (tertiary/aromatic N) is 1. The number of hydrogen-bond acceptors (Lipinski definition) is 1. The van der Waals surface area contributed by atoms with E-state index in [4.69, 9.17) is 4.42 Å². The van der Waals surface area contributed by atoms with Gasteiger partial charge < -0.3 is 8.98 Å². The van der Waals surface area contributed by atoms with Gasteiger partial charge in [-0.15, -0.1) is 0 Å². The first-order valence-corrected chi connectivity index (χ1v) is 23.1. The minimum atomic E-state index is 0.880. The molecule has 0 amide bonds. The lowest BCUT2D eigenvalue weighted by Gasteiger charge is -2.20. The van der Waals surface area contributed by atoms with E-state index in [-0.39, 0.29) is 0 Å². The number of allylic oxidation sites excluding steroid dienone is 1. The van der Waals surface area contributed by atoms with Crippen molar-refractivity contribution in [3.05, 3.63) is 230 Å². The van der Waals surface area contributed by atoms with E-state index in [1.165, 1.54) is 115 Å². The monoisotopic (exact) mass is 839 g/mol. The molecule has 0 unspecified atom stereocenters. The van der Waals surface area contributed by atoms with Crippen molar-refractivity contribution in [3.8, 4) is 50.2 Å². The van der Waals surface area contributed by atoms with Crippen LogP contribution in [0.2, 0.25) is 0 Å². The molecule has 0 fully saturated rings. The Kier molecular flexibility index (Phi) is 8.14. The number of rotatable bonds is 5. The highest BCUT2D eigenvalue weighted by Gasteiger charge is 2.27. The summed E-state index contributed by atoms with van der Waals surface area (Å²) in [6.45, 7) is 0. The molecule has 11 aromatic carbocycles.